The molecule has 3 nitrogen and oxygen atoms in total. The van der Waals surface area contributed by atoms with Gasteiger partial charge in [-0.3, -0.25) is 4.79 Å². The van der Waals surface area contributed by atoms with Crippen LogP contribution in [0.4, 0.5) is 0 Å². The molecule has 1 aromatic carbocycles. The second-order valence-electron chi connectivity index (χ2n) is 3.07. The van der Waals surface area contributed by atoms with E-state index in [2.05, 4.69) is 0 Å². The third-order valence-electron chi connectivity index (χ3n) is 2.09. The first-order chi connectivity index (χ1) is 7.54. The van der Waals surface area contributed by atoms with Crippen molar-refractivity contribution in [1.29, 1.82) is 0 Å². The minimum absolute atomic E-state index is 0.0213. The maximum Gasteiger partial charge on any atom is 0.189 e. The van der Waals surface area contributed by atoms with Crippen LogP contribution < -0.4 is 5.43 Å². The van der Waals surface area contributed by atoms with Crippen LogP contribution in [0.2, 0.25) is 5.02 Å². The molecule has 0 aliphatic heterocycles. The van der Waals surface area contributed by atoms with E-state index >= 15 is 0 Å². The van der Waals surface area contributed by atoms with Crippen LogP contribution in [-0.2, 0) is 0 Å². The van der Waals surface area contributed by atoms with Crippen molar-refractivity contribution in [2.75, 3.05) is 6.26 Å². The van der Waals surface area contributed by atoms with Crippen molar-refractivity contribution in [2.24, 2.45) is 0 Å². The Morgan fingerprint density at radius 1 is 1.38 bits per heavy atom. The van der Waals surface area contributed by atoms with Crippen LogP contribution >= 0.6 is 34.7 Å². The molecule has 6 heteroatoms. The molecular formula is C10H7ClO3S2. The first-order valence-corrected chi connectivity index (χ1v) is 6.68. The molecule has 0 saturated heterocycles. The van der Waals surface area contributed by atoms with Gasteiger partial charge in [0.1, 0.15) is 5.02 Å². The summed E-state index contributed by atoms with van der Waals surface area (Å²) in [6, 6.07) is 2.73. The highest BCUT2D eigenvalue weighted by Gasteiger charge is 2.13. The molecule has 0 radical (unpaired) electrons. The first kappa shape index (κ1) is 11.6. The molecule has 0 fully saturated rings. The Kier molecular flexibility index (Phi) is 3.01. The van der Waals surface area contributed by atoms with Crippen LogP contribution in [0.5, 0.6) is 11.5 Å². The Labute approximate surface area is 104 Å². The van der Waals surface area contributed by atoms with E-state index in [1.807, 2.05) is 6.26 Å². The number of aromatic hydroxyl groups is 2. The Hall–Kier alpha value is -0.910. The number of phenolic OH excluding ortho intramolecular Hbond substituents is 2. The molecule has 0 aliphatic carbocycles. The van der Waals surface area contributed by atoms with E-state index in [1.165, 1.54) is 35.2 Å². The Balaban J connectivity index is 2.96. The average molecular weight is 275 g/mol. The standard InChI is InChI=1S/C10H7ClO3S2/c1-15-7-3-5(12)4-2-6(13)9(14)8(11)10(4)16-7/h2-3,13-14H,1H3. The van der Waals surface area contributed by atoms with E-state index in [0.717, 1.165) is 4.21 Å². The van der Waals surface area contributed by atoms with E-state index < -0.39 is 0 Å². The highest BCUT2D eigenvalue weighted by molar-refractivity contribution is 8.00. The lowest BCUT2D eigenvalue weighted by Gasteiger charge is -2.05. The Morgan fingerprint density at radius 3 is 2.69 bits per heavy atom. The van der Waals surface area contributed by atoms with Gasteiger partial charge in [-0.2, -0.15) is 0 Å². The molecule has 1 aromatic heterocycles. The minimum Gasteiger partial charge on any atom is -0.504 e. The Morgan fingerprint density at radius 2 is 2.06 bits per heavy atom. The molecular weight excluding hydrogens is 268 g/mol. The summed E-state index contributed by atoms with van der Waals surface area (Å²) < 4.78 is 1.30. The molecule has 0 bridgehead atoms. The summed E-state index contributed by atoms with van der Waals surface area (Å²) in [6.45, 7) is 0. The van der Waals surface area contributed by atoms with Crippen LogP contribution in [0, 0.1) is 0 Å². The number of thioether (sulfide) groups is 1. The average Bonchev–Trinajstić information content (AvgIpc) is 2.27. The number of phenols is 2. The maximum absolute atomic E-state index is 11.7. The summed E-state index contributed by atoms with van der Waals surface area (Å²) in [6.07, 6.45) is 1.85. The van der Waals surface area contributed by atoms with Crippen molar-refractivity contribution in [3.8, 4) is 11.5 Å². The molecule has 2 rings (SSSR count). The van der Waals surface area contributed by atoms with Gasteiger partial charge >= 0.3 is 0 Å². The highest BCUT2D eigenvalue weighted by atomic mass is 35.5. The predicted octanol–water partition coefficient (Wildman–Crippen LogP) is 3.05. The third kappa shape index (κ3) is 1.75. The van der Waals surface area contributed by atoms with Crippen molar-refractivity contribution in [1.82, 2.24) is 0 Å². The number of benzene rings is 1. The fraction of sp³-hybridized carbons (Fsp3) is 0.100. The molecule has 0 spiro atoms. The van der Waals surface area contributed by atoms with E-state index in [9.17, 15) is 15.0 Å². The van der Waals surface area contributed by atoms with Crippen molar-refractivity contribution >= 4 is 44.8 Å². The molecule has 2 aromatic rings. The topological polar surface area (TPSA) is 57.5 Å². The van der Waals surface area contributed by atoms with Gasteiger partial charge in [-0.1, -0.05) is 11.6 Å². The SMILES string of the molecule is CSc1cc(=O)c2cc(O)c(O)c(Cl)c2s1. The number of hydrogen-bond acceptors (Lipinski definition) is 5. The van der Waals surface area contributed by atoms with Gasteiger partial charge in [-0.05, 0) is 12.3 Å². The molecule has 1 heterocycles. The fourth-order valence-corrected chi connectivity index (χ4v) is 3.25. The van der Waals surface area contributed by atoms with Crippen molar-refractivity contribution in [2.45, 2.75) is 4.21 Å². The van der Waals surface area contributed by atoms with Crippen LogP contribution in [0.25, 0.3) is 10.1 Å². The largest absolute Gasteiger partial charge is 0.504 e. The van der Waals surface area contributed by atoms with E-state index in [-0.39, 0.29) is 22.0 Å². The Bertz CT molecular complexity index is 621. The molecule has 0 saturated carbocycles. The van der Waals surface area contributed by atoms with Gasteiger partial charge in [0.2, 0.25) is 0 Å². The van der Waals surface area contributed by atoms with E-state index in [0.29, 0.717) is 10.1 Å². The van der Waals surface area contributed by atoms with Gasteiger partial charge in [0, 0.05) is 11.5 Å². The molecule has 2 N–H and O–H groups in total. The molecule has 0 aliphatic rings. The third-order valence-corrected chi connectivity index (χ3v) is 4.79. The quantitative estimate of drug-likeness (QED) is 0.620. The zero-order valence-corrected chi connectivity index (χ0v) is 10.5. The zero-order valence-electron chi connectivity index (χ0n) is 8.15. The lowest BCUT2D eigenvalue weighted by Crippen LogP contribution is -1.98. The summed E-state index contributed by atoms with van der Waals surface area (Å²) in [5.74, 6) is -0.762. The summed E-state index contributed by atoms with van der Waals surface area (Å²) >= 11 is 8.63. The lowest BCUT2D eigenvalue weighted by atomic mass is 10.2. The van der Waals surface area contributed by atoms with Crippen molar-refractivity contribution in [3.05, 3.63) is 27.4 Å². The van der Waals surface area contributed by atoms with Gasteiger partial charge < -0.3 is 10.2 Å². The van der Waals surface area contributed by atoms with Crippen molar-refractivity contribution < 1.29 is 10.2 Å². The zero-order chi connectivity index (χ0) is 11.9. The van der Waals surface area contributed by atoms with Crippen molar-refractivity contribution in [3.63, 3.8) is 0 Å². The second kappa shape index (κ2) is 4.16. The first-order valence-electron chi connectivity index (χ1n) is 4.27. The molecule has 84 valence electrons. The molecule has 0 atom stereocenters. The summed E-state index contributed by atoms with van der Waals surface area (Å²) in [5, 5.41) is 19.2. The highest BCUT2D eigenvalue weighted by Crippen LogP contribution is 2.41. The fourth-order valence-electron chi connectivity index (χ4n) is 1.31. The van der Waals surface area contributed by atoms with Gasteiger partial charge in [-0.15, -0.1) is 23.1 Å². The second-order valence-corrected chi connectivity index (χ2v) is 5.61. The summed E-state index contributed by atoms with van der Waals surface area (Å²) in [5.41, 5.74) is -0.213. The smallest absolute Gasteiger partial charge is 0.189 e. The normalized spacial score (nSPS) is 10.9. The minimum atomic E-state index is -0.386. The molecule has 0 unspecified atom stereocenters. The van der Waals surface area contributed by atoms with Gasteiger partial charge in [0.25, 0.3) is 0 Å². The van der Waals surface area contributed by atoms with Crippen LogP contribution in [0.3, 0.4) is 0 Å². The lowest BCUT2D eigenvalue weighted by molar-refractivity contribution is 0.405. The monoisotopic (exact) mass is 274 g/mol. The number of halogens is 1. The summed E-state index contributed by atoms with van der Waals surface area (Å²) in [4.78, 5) is 11.7. The van der Waals surface area contributed by atoms with Gasteiger partial charge in [0.05, 0.1) is 8.91 Å². The van der Waals surface area contributed by atoms with Crippen LogP contribution in [0.1, 0.15) is 0 Å². The van der Waals surface area contributed by atoms with Gasteiger partial charge in [0.15, 0.2) is 16.9 Å². The number of rotatable bonds is 1. The van der Waals surface area contributed by atoms with Crippen LogP contribution in [-0.4, -0.2) is 16.5 Å². The number of hydrogen-bond donors (Lipinski definition) is 2. The van der Waals surface area contributed by atoms with Crippen LogP contribution in [0.15, 0.2) is 21.1 Å². The van der Waals surface area contributed by atoms with E-state index in [4.69, 9.17) is 11.6 Å². The maximum atomic E-state index is 11.7. The predicted molar refractivity (Wildman–Crippen MR) is 68.2 cm³/mol. The molecule has 16 heavy (non-hydrogen) atoms. The van der Waals surface area contributed by atoms with E-state index in [1.54, 1.807) is 0 Å². The van der Waals surface area contributed by atoms with Gasteiger partial charge in [-0.25, -0.2) is 0 Å². The molecule has 0 amide bonds. The number of fused-ring (bicyclic) bond motifs is 1. The summed E-state index contributed by atoms with van der Waals surface area (Å²) in [7, 11) is 0.